The van der Waals surface area contributed by atoms with E-state index >= 15 is 4.39 Å². The van der Waals surface area contributed by atoms with Gasteiger partial charge in [-0.2, -0.15) is 10.2 Å². The number of aromatic nitrogens is 4. The van der Waals surface area contributed by atoms with Crippen molar-refractivity contribution in [3.8, 4) is 23.0 Å². The number of piperazine rings is 1. The van der Waals surface area contributed by atoms with E-state index in [4.69, 9.17) is 0 Å². The van der Waals surface area contributed by atoms with E-state index in [0.717, 1.165) is 0 Å². The molecule has 4 aromatic rings. The van der Waals surface area contributed by atoms with Crippen LogP contribution in [0, 0.1) is 29.9 Å². The van der Waals surface area contributed by atoms with Crippen molar-refractivity contribution < 1.29 is 13.6 Å². The number of amides is 1. The van der Waals surface area contributed by atoms with Gasteiger partial charge in [-0.15, -0.1) is 0 Å². The Morgan fingerprint density at radius 3 is 2.52 bits per heavy atom. The van der Waals surface area contributed by atoms with E-state index in [1.54, 1.807) is 24.0 Å². The van der Waals surface area contributed by atoms with Crippen LogP contribution in [0.2, 0.25) is 0 Å². The fraction of sp³-hybridized carbons (Fsp3) is 0.290. The van der Waals surface area contributed by atoms with Gasteiger partial charge in [0.2, 0.25) is 5.91 Å². The maximum Gasteiger partial charge on any atom is 0.355 e. The van der Waals surface area contributed by atoms with Crippen LogP contribution in [0.4, 0.5) is 14.6 Å². The number of hydrogen-bond acceptors (Lipinski definition) is 7. The van der Waals surface area contributed by atoms with Gasteiger partial charge in [-0.05, 0) is 55.7 Å². The highest BCUT2D eigenvalue weighted by molar-refractivity contribution is 5.91. The molecule has 214 valence electrons. The summed E-state index contributed by atoms with van der Waals surface area (Å²) in [7, 11) is 0. The molecule has 42 heavy (non-hydrogen) atoms. The second-order valence-electron chi connectivity index (χ2n) is 10.6. The van der Waals surface area contributed by atoms with Crippen LogP contribution in [-0.4, -0.2) is 56.0 Å². The molecule has 0 unspecified atom stereocenters. The number of nitriles is 1. The van der Waals surface area contributed by atoms with Crippen molar-refractivity contribution in [2.75, 3.05) is 24.5 Å². The number of aryl methyl sites for hydroxylation is 1. The molecule has 1 aliphatic rings. The lowest BCUT2D eigenvalue weighted by Gasteiger charge is -2.40. The minimum Gasteiger partial charge on any atom is -0.350 e. The minimum atomic E-state index is -0.785. The molecule has 1 fully saturated rings. The number of nitrogens with zero attached hydrogens (tertiary/aromatic N) is 7. The Bertz CT molecular complexity index is 1840. The third kappa shape index (κ3) is 4.89. The largest absolute Gasteiger partial charge is 0.355 e. The Morgan fingerprint density at radius 1 is 1.14 bits per heavy atom. The van der Waals surface area contributed by atoms with Gasteiger partial charge in [0, 0.05) is 31.2 Å². The fourth-order valence-corrected chi connectivity index (χ4v) is 5.41. The first kappa shape index (κ1) is 28.5. The van der Waals surface area contributed by atoms with Crippen molar-refractivity contribution in [3.05, 3.63) is 88.1 Å². The van der Waals surface area contributed by atoms with E-state index in [1.165, 1.54) is 34.9 Å². The van der Waals surface area contributed by atoms with E-state index in [2.05, 4.69) is 21.5 Å². The second kappa shape index (κ2) is 11.1. The monoisotopic (exact) mass is 569 g/mol. The van der Waals surface area contributed by atoms with Crippen molar-refractivity contribution in [1.29, 1.82) is 5.26 Å². The molecule has 1 atom stereocenters. The molecule has 0 saturated carbocycles. The maximum absolute atomic E-state index is 15.8. The molecule has 1 amide bonds. The fourth-order valence-electron chi connectivity index (χ4n) is 5.41. The molecule has 1 aromatic carbocycles. The van der Waals surface area contributed by atoms with Gasteiger partial charge in [0.05, 0.1) is 16.8 Å². The zero-order chi connectivity index (χ0) is 30.3. The van der Waals surface area contributed by atoms with E-state index in [9.17, 15) is 19.2 Å². The summed E-state index contributed by atoms with van der Waals surface area (Å²) in [5.41, 5.74) is 0.672. The van der Waals surface area contributed by atoms with Crippen molar-refractivity contribution >= 4 is 22.8 Å². The van der Waals surface area contributed by atoms with Crippen LogP contribution >= 0.6 is 0 Å². The lowest BCUT2D eigenvalue weighted by atomic mass is 10.0. The third-order valence-corrected chi connectivity index (χ3v) is 7.41. The van der Waals surface area contributed by atoms with Crippen LogP contribution in [-0.2, 0) is 4.79 Å². The maximum atomic E-state index is 15.8. The molecule has 0 spiro atoms. The Balaban J connectivity index is 1.83. The van der Waals surface area contributed by atoms with Crippen LogP contribution in [0.1, 0.15) is 43.6 Å². The first-order valence-electron chi connectivity index (χ1n) is 13.5. The normalized spacial score (nSPS) is 15.2. The highest BCUT2D eigenvalue weighted by Crippen LogP contribution is 2.34. The molecule has 9 nitrogen and oxygen atoms in total. The first-order valence-corrected chi connectivity index (χ1v) is 13.5. The summed E-state index contributed by atoms with van der Waals surface area (Å²) in [6.45, 7) is 12.0. The average molecular weight is 570 g/mol. The molecule has 0 radical (unpaired) electrons. The summed E-state index contributed by atoms with van der Waals surface area (Å²) in [6, 6.07) is 10.3. The Morgan fingerprint density at radius 2 is 1.88 bits per heavy atom. The third-order valence-electron chi connectivity index (χ3n) is 7.41. The van der Waals surface area contributed by atoms with Gasteiger partial charge in [-0.25, -0.2) is 28.1 Å². The van der Waals surface area contributed by atoms with Crippen LogP contribution < -0.4 is 10.6 Å². The molecule has 3 aromatic heterocycles. The zero-order valence-corrected chi connectivity index (χ0v) is 23.7. The number of fused-ring (bicyclic) bond motifs is 1. The highest BCUT2D eigenvalue weighted by atomic mass is 19.1. The summed E-state index contributed by atoms with van der Waals surface area (Å²) in [5, 5.41) is 9.77. The number of anilines is 1. The van der Waals surface area contributed by atoms with Gasteiger partial charge in [0.1, 0.15) is 34.9 Å². The number of benzene rings is 1. The van der Waals surface area contributed by atoms with Gasteiger partial charge in [-0.1, -0.05) is 32.6 Å². The summed E-state index contributed by atoms with van der Waals surface area (Å²) in [4.78, 5) is 43.2. The Hall–Kier alpha value is -4.98. The van der Waals surface area contributed by atoms with Crippen LogP contribution in [0.5, 0.6) is 0 Å². The lowest BCUT2D eigenvalue weighted by molar-refractivity contribution is -0.126. The molecule has 5 rings (SSSR count). The summed E-state index contributed by atoms with van der Waals surface area (Å²) < 4.78 is 31.9. The highest BCUT2D eigenvalue weighted by Gasteiger charge is 2.31. The average Bonchev–Trinajstić information content (AvgIpc) is 2.96. The molecule has 0 N–H and O–H groups in total. The van der Waals surface area contributed by atoms with Gasteiger partial charge < -0.3 is 9.80 Å². The lowest BCUT2D eigenvalue weighted by Crippen LogP contribution is -2.54. The van der Waals surface area contributed by atoms with Gasteiger partial charge >= 0.3 is 5.69 Å². The summed E-state index contributed by atoms with van der Waals surface area (Å²) in [6.07, 6.45) is 1.25. The van der Waals surface area contributed by atoms with E-state index in [-0.39, 0.29) is 51.7 Å². The topological polar surface area (TPSA) is 108 Å². The molecular formula is C31H29F2N7O2. The zero-order valence-electron chi connectivity index (χ0n) is 23.7. The number of carbonyl (C=O) groups excluding carboxylic acids is 1. The predicted octanol–water partition coefficient (Wildman–Crippen LogP) is 4.65. The van der Waals surface area contributed by atoms with E-state index in [0.29, 0.717) is 36.6 Å². The van der Waals surface area contributed by atoms with Crippen LogP contribution in [0.25, 0.3) is 28.0 Å². The molecular weight excluding hydrogens is 540 g/mol. The van der Waals surface area contributed by atoms with Crippen molar-refractivity contribution in [1.82, 2.24) is 24.4 Å². The molecule has 4 heterocycles. The summed E-state index contributed by atoms with van der Waals surface area (Å²) >= 11 is 0. The van der Waals surface area contributed by atoms with E-state index < -0.39 is 17.3 Å². The Labute approximate surface area is 241 Å². The number of hydrogen-bond donors (Lipinski definition) is 0. The summed E-state index contributed by atoms with van der Waals surface area (Å²) in [5.74, 6) is -1.64. The number of halogens is 2. The van der Waals surface area contributed by atoms with Crippen molar-refractivity contribution in [2.24, 2.45) is 0 Å². The molecule has 0 bridgehead atoms. The molecule has 1 saturated heterocycles. The Kier molecular flexibility index (Phi) is 7.56. The number of pyridine rings is 2. The van der Waals surface area contributed by atoms with Gasteiger partial charge in [0.25, 0.3) is 0 Å². The molecule has 11 heteroatoms. The van der Waals surface area contributed by atoms with Gasteiger partial charge in [-0.3, -0.25) is 4.79 Å². The minimum absolute atomic E-state index is 0.0575. The number of carbonyl (C=O) groups is 1. The van der Waals surface area contributed by atoms with Crippen LogP contribution in [0.15, 0.2) is 53.8 Å². The quantitative estimate of drug-likeness (QED) is 0.322. The van der Waals surface area contributed by atoms with Crippen LogP contribution in [0.3, 0.4) is 0 Å². The first-order chi connectivity index (χ1) is 20.0. The van der Waals surface area contributed by atoms with Gasteiger partial charge in [0.15, 0.2) is 5.65 Å². The predicted molar refractivity (Wildman–Crippen MR) is 155 cm³/mol. The SMILES string of the molecule is C=CC(=O)N1CCN(c2nc(=O)n(-c3c(C)cc(C#N)nc3C(C)C)c3nc(-c4ccccc4F)c(F)cc23)[C@@H](C)C1. The van der Waals surface area contributed by atoms with E-state index in [1.807, 2.05) is 31.7 Å². The molecule has 0 aliphatic carbocycles. The van der Waals surface area contributed by atoms with Crippen molar-refractivity contribution in [2.45, 2.75) is 39.7 Å². The van der Waals surface area contributed by atoms with Crippen molar-refractivity contribution in [3.63, 3.8) is 0 Å². The second-order valence-corrected chi connectivity index (χ2v) is 10.6. The molecule has 1 aliphatic heterocycles. The standard InChI is InChI=1S/C31H29F2N7O2/c1-6-25(41)38-11-12-39(19(5)16-38)29-22-14-24(33)27(21-9-7-8-10-23(21)32)36-30(22)40(31(42)37-29)28-18(4)13-20(15-34)35-26(28)17(2)3/h6-10,13-14,17,19H,1,11-12,16H2,2-5H3/t19-/m0/s1. The number of rotatable bonds is 5. The smallest absolute Gasteiger partial charge is 0.350 e.